The first-order chi connectivity index (χ1) is 5.85. The Kier molecular flexibility index (Phi) is 4.61. The quantitative estimate of drug-likeness (QED) is 0.687. The van der Waals surface area contributed by atoms with Gasteiger partial charge in [-0.2, -0.15) is 0 Å². The summed E-state index contributed by atoms with van der Waals surface area (Å²) in [5.41, 5.74) is 4.65. The Morgan fingerprint density at radius 2 is 2.23 bits per heavy atom. The molecule has 0 saturated carbocycles. The van der Waals surface area contributed by atoms with Crippen LogP contribution in [-0.2, 0) is 4.74 Å². The number of nitrogens with two attached hydrogens (primary N) is 1. The van der Waals surface area contributed by atoms with Crippen LogP contribution >= 0.6 is 0 Å². The van der Waals surface area contributed by atoms with Crippen LogP contribution in [0.15, 0.2) is 0 Å². The van der Waals surface area contributed by atoms with Crippen molar-refractivity contribution in [1.29, 1.82) is 0 Å². The summed E-state index contributed by atoms with van der Waals surface area (Å²) in [6, 6.07) is 0. The van der Waals surface area contributed by atoms with Crippen LogP contribution in [0.3, 0.4) is 0 Å². The highest BCUT2D eigenvalue weighted by atomic mass is 19.3. The Balaban J connectivity index is 3.79. The van der Waals surface area contributed by atoms with Gasteiger partial charge in [-0.25, -0.2) is 13.6 Å². The van der Waals surface area contributed by atoms with Gasteiger partial charge in [0.2, 0.25) is 5.92 Å². The Labute approximate surface area is 74.7 Å². The number of amides is 1. The predicted molar refractivity (Wildman–Crippen MR) is 41.4 cm³/mol. The average Bonchev–Trinajstić information content (AvgIpc) is 1.95. The molecule has 0 fully saturated rings. The van der Waals surface area contributed by atoms with Gasteiger partial charge in [-0.15, -0.1) is 0 Å². The van der Waals surface area contributed by atoms with Crippen LogP contribution in [0.1, 0.15) is 19.8 Å². The Morgan fingerprint density at radius 1 is 1.69 bits per heavy atom. The van der Waals surface area contributed by atoms with E-state index in [0.29, 0.717) is 0 Å². The summed E-state index contributed by atoms with van der Waals surface area (Å²) in [5, 5.41) is 8.59. The van der Waals surface area contributed by atoms with Crippen LogP contribution in [0.2, 0.25) is 0 Å². The zero-order valence-electron chi connectivity index (χ0n) is 7.30. The summed E-state index contributed by atoms with van der Waals surface area (Å²) in [4.78, 5) is 10.2. The fraction of sp³-hybridized carbons (Fsp3) is 0.857. The van der Waals surface area contributed by atoms with Gasteiger partial charge < -0.3 is 15.6 Å². The lowest BCUT2D eigenvalue weighted by Gasteiger charge is -2.16. The van der Waals surface area contributed by atoms with E-state index in [1.165, 1.54) is 0 Å². The molecular weight excluding hydrogens is 184 g/mol. The number of carbonyl (C=O) groups is 1. The summed E-state index contributed by atoms with van der Waals surface area (Å²) in [7, 11) is 0. The van der Waals surface area contributed by atoms with Crippen LogP contribution in [0, 0.1) is 0 Å². The fourth-order valence-corrected chi connectivity index (χ4v) is 0.766. The molecule has 0 aliphatic carbocycles. The van der Waals surface area contributed by atoms with E-state index in [0.717, 1.165) is 6.92 Å². The molecule has 0 radical (unpaired) electrons. The highest BCUT2D eigenvalue weighted by molar-refractivity contribution is 5.64. The fourth-order valence-electron chi connectivity index (χ4n) is 0.766. The lowest BCUT2D eigenvalue weighted by atomic mass is 10.1. The largest absolute Gasteiger partial charge is 0.444 e. The standard InChI is InChI=1S/C7H13F2NO3/c1-7(8,9)3-2-5(4-11)13-6(10)12/h5,11H,2-4H2,1H3,(H2,10,12). The molecule has 0 aromatic rings. The second-order valence-electron chi connectivity index (χ2n) is 2.85. The van der Waals surface area contributed by atoms with Crippen molar-refractivity contribution < 1.29 is 23.4 Å². The molecule has 1 unspecified atom stereocenters. The molecule has 4 nitrogen and oxygen atoms in total. The van der Waals surface area contributed by atoms with Crippen molar-refractivity contribution >= 4 is 6.09 Å². The van der Waals surface area contributed by atoms with Crippen LogP contribution in [0.5, 0.6) is 0 Å². The molecule has 0 aromatic carbocycles. The number of ether oxygens (including phenoxy) is 1. The minimum absolute atomic E-state index is 0.108. The molecule has 0 aliphatic heterocycles. The number of hydrogen-bond acceptors (Lipinski definition) is 3. The molecule has 0 rings (SSSR count). The van der Waals surface area contributed by atoms with Gasteiger partial charge in [-0.05, 0) is 13.3 Å². The summed E-state index contributed by atoms with van der Waals surface area (Å²) in [6.07, 6.45) is -2.57. The molecule has 0 bridgehead atoms. The number of hydrogen-bond donors (Lipinski definition) is 2. The van der Waals surface area contributed by atoms with Gasteiger partial charge in [0.25, 0.3) is 0 Å². The van der Waals surface area contributed by atoms with Crippen molar-refractivity contribution in [2.24, 2.45) is 5.73 Å². The van der Waals surface area contributed by atoms with Crippen LogP contribution in [-0.4, -0.2) is 29.8 Å². The summed E-state index contributed by atoms with van der Waals surface area (Å²) < 4.78 is 29.0. The molecule has 0 aliphatic rings. The third-order valence-electron chi connectivity index (χ3n) is 1.39. The molecule has 0 spiro atoms. The number of primary amides is 1. The maximum atomic E-state index is 12.3. The van der Waals surface area contributed by atoms with Gasteiger partial charge >= 0.3 is 6.09 Å². The third-order valence-corrected chi connectivity index (χ3v) is 1.39. The van der Waals surface area contributed by atoms with E-state index in [1.807, 2.05) is 0 Å². The predicted octanol–water partition coefficient (Wildman–Crippen LogP) is 0.878. The molecule has 0 saturated heterocycles. The molecule has 0 heterocycles. The van der Waals surface area contributed by atoms with Crippen molar-refractivity contribution in [1.82, 2.24) is 0 Å². The van der Waals surface area contributed by atoms with Gasteiger partial charge in [-0.1, -0.05) is 0 Å². The first-order valence-electron chi connectivity index (χ1n) is 3.80. The average molecular weight is 197 g/mol. The monoisotopic (exact) mass is 197 g/mol. The maximum absolute atomic E-state index is 12.3. The molecule has 1 amide bonds. The number of alkyl halides is 2. The molecule has 3 N–H and O–H groups in total. The van der Waals surface area contributed by atoms with E-state index in [4.69, 9.17) is 5.11 Å². The Hall–Kier alpha value is -0.910. The summed E-state index contributed by atoms with van der Waals surface area (Å²) >= 11 is 0. The minimum atomic E-state index is -2.82. The zero-order chi connectivity index (χ0) is 10.5. The first-order valence-corrected chi connectivity index (χ1v) is 3.80. The van der Waals surface area contributed by atoms with Crippen molar-refractivity contribution in [2.75, 3.05) is 6.61 Å². The number of halogens is 2. The van der Waals surface area contributed by atoms with Gasteiger partial charge in [0.15, 0.2) is 0 Å². The van der Waals surface area contributed by atoms with Crippen molar-refractivity contribution in [3.8, 4) is 0 Å². The number of aliphatic hydroxyl groups is 1. The van der Waals surface area contributed by atoms with Crippen LogP contribution in [0.4, 0.5) is 13.6 Å². The molecule has 1 atom stereocenters. The smallest absolute Gasteiger partial charge is 0.404 e. The van der Waals surface area contributed by atoms with Gasteiger partial charge in [0.05, 0.1) is 6.61 Å². The molecular formula is C7H13F2NO3. The molecule has 6 heteroatoms. The van der Waals surface area contributed by atoms with E-state index < -0.39 is 31.1 Å². The second kappa shape index (κ2) is 4.96. The van der Waals surface area contributed by atoms with Crippen molar-refractivity contribution in [3.05, 3.63) is 0 Å². The highest BCUT2D eigenvalue weighted by Crippen LogP contribution is 2.20. The zero-order valence-corrected chi connectivity index (χ0v) is 7.30. The van der Waals surface area contributed by atoms with E-state index in [1.54, 1.807) is 0 Å². The Bertz CT molecular complexity index is 170. The topological polar surface area (TPSA) is 72.6 Å². The lowest BCUT2D eigenvalue weighted by molar-refractivity contribution is -0.0123. The Morgan fingerprint density at radius 3 is 2.54 bits per heavy atom. The minimum Gasteiger partial charge on any atom is -0.444 e. The SMILES string of the molecule is CC(F)(F)CCC(CO)OC(N)=O. The highest BCUT2D eigenvalue weighted by Gasteiger charge is 2.23. The molecule has 78 valence electrons. The van der Waals surface area contributed by atoms with E-state index >= 15 is 0 Å². The summed E-state index contributed by atoms with van der Waals surface area (Å²) in [5.74, 6) is -2.82. The molecule has 13 heavy (non-hydrogen) atoms. The number of carbonyl (C=O) groups excluding carboxylic acids is 1. The van der Waals surface area contributed by atoms with Crippen LogP contribution in [0.25, 0.3) is 0 Å². The lowest BCUT2D eigenvalue weighted by Crippen LogP contribution is -2.27. The first kappa shape index (κ1) is 12.1. The van der Waals surface area contributed by atoms with Gasteiger partial charge in [0, 0.05) is 6.42 Å². The van der Waals surface area contributed by atoms with Crippen molar-refractivity contribution in [2.45, 2.75) is 31.8 Å². The van der Waals surface area contributed by atoms with Gasteiger partial charge in [0.1, 0.15) is 6.10 Å². The van der Waals surface area contributed by atoms with E-state index in [9.17, 15) is 13.6 Å². The van der Waals surface area contributed by atoms with Crippen molar-refractivity contribution in [3.63, 3.8) is 0 Å². The normalized spacial score (nSPS) is 13.8. The molecule has 0 aromatic heterocycles. The number of aliphatic hydroxyl groups excluding tert-OH is 1. The van der Waals surface area contributed by atoms with Crippen LogP contribution < -0.4 is 5.73 Å². The third kappa shape index (κ3) is 7.45. The second-order valence-corrected chi connectivity index (χ2v) is 2.85. The van der Waals surface area contributed by atoms with E-state index in [2.05, 4.69) is 10.5 Å². The summed E-state index contributed by atoms with van der Waals surface area (Å²) in [6.45, 7) is 0.255. The van der Waals surface area contributed by atoms with E-state index in [-0.39, 0.29) is 6.42 Å². The number of rotatable bonds is 5. The maximum Gasteiger partial charge on any atom is 0.404 e. The van der Waals surface area contributed by atoms with Gasteiger partial charge in [-0.3, -0.25) is 0 Å².